The molecule has 1 amide bonds. The Kier molecular flexibility index (Phi) is 4.75. The first kappa shape index (κ1) is 18.1. The van der Waals surface area contributed by atoms with E-state index >= 15 is 0 Å². The largest absolute Gasteiger partial charge is 0.310 e. The molecular weight excluding hydrogens is 377 g/mol. The molecule has 0 aliphatic carbocycles. The highest BCUT2D eigenvalue weighted by Crippen LogP contribution is 2.26. The second kappa shape index (κ2) is 7.36. The van der Waals surface area contributed by atoms with E-state index in [0.717, 1.165) is 21.3 Å². The van der Waals surface area contributed by atoms with Gasteiger partial charge >= 0.3 is 0 Å². The molecule has 4 aromatic rings. The van der Waals surface area contributed by atoms with Gasteiger partial charge in [-0.1, -0.05) is 29.5 Å². The Morgan fingerprint density at radius 3 is 2.75 bits per heavy atom. The molecule has 0 aliphatic heterocycles. The van der Waals surface area contributed by atoms with Crippen molar-refractivity contribution in [3.05, 3.63) is 93.7 Å². The zero-order valence-corrected chi connectivity index (χ0v) is 15.8. The summed E-state index contributed by atoms with van der Waals surface area (Å²) in [4.78, 5) is 29.7. The maximum absolute atomic E-state index is 13.1. The van der Waals surface area contributed by atoms with Gasteiger partial charge < -0.3 is 4.57 Å². The van der Waals surface area contributed by atoms with Crippen LogP contribution < -0.4 is 10.9 Å². The molecule has 0 unspecified atom stereocenters. The van der Waals surface area contributed by atoms with E-state index in [1.165, 1.54) is 34.1 Å². The molecule has 4 rings (SSSR count). The predicted molar refractivity (Wildman–Crippen MR) is 109 cm³/mol. The summed E-state index contributed by atoms with van der Waals surface area (Å²) < 4.78 is 15.4. The number of hydrogen-bond donors (Lipinski definition) is 1. The summed E-state index contributed by atoms with van der Waals surface area (Å²) in [6, 6.07) is 14.9. The summed E-state index contributed by atoms with van der Waals surface area (Å²) in [5, 5.41) is 3.16. The zero-order chi connectivity index (χ0) is 19.7. The number of aromatic nitrogens is 2. The second-order valence-corrected chi connectivity index (χ2v) is 7.46. The number of carbonyl (C=O) groups excluding carboxylic acids is 1. The van der Waals surface area contributed by atoms with Gasteiger partial charge in [0.15, 0.2) is 5.13 Å². The number of nitrogens with zero attached hydrogens (tertiary/aromatic N) is 2. The number of halogens is 1. The summed E-state index contributed by atoms with van der Waals surface area (Å²) in [6.45, 7) is 2.24. The lowest BCUT2D eigenvalue weighted by Crippen LogP contribution is -2.29. The van der Waals surface area contributed by atoms with Crippen molar-refractivity contribution in [2.24, 2.45) is 0 Å². The standard InChI is InChI=1S/C21H16FN3O2S/c1-13-4-9-17-18(11-13)28-21(23-17)24-19(26)16-3-2-10-25(20(16)27)12-14-5-7-15(22)8-6-14/h2-11H,12H2,1H3,(H,23,24,26). The average Bonchev–Trinajstić information content (AvgIpc) is 3.06. The van der Waals surface area contributed by atoms with Crippen molar-refractivity contribution < 1.29 is 9.18 Å². The van der Waals surface area contributed by atoms with Crippen LogP contribution in [0.2, 0.25) is 0 Å². The van der Waals surface area contributed by atoms with Crippen LogP contribution in [0.3, 0.4) is 0 Å². The molecule has 2 aromatic heterocycles. The second-order valence-electron chi connectivity index (χ2n) is 6.43. The van der Waals surface area contributed by atoms with E-state index < -0.39 is 11.5 Å². The number of benzene rings is 2. The Bertz CT molecular complexity index is 1230. The van der Waals surface area contributed by atoms with Crippen LogP contribution in [-0.4, -0.2) is 15.5 Å². The molecule has 0 saturated carbocycles. The highest BCUT2D eigenvalue weighted by Gasteiger charge is 2.15. The number of carbonyl (C=O) groups is 1. The Balaban J connectivity index is 1.58. The van der Waals surface area contributed by atoms with Crippen LogP contribution in [0.1, 0.15) is 21.5 Å². The van der Waals surface area contributed by atoms with Crippen LogP contribution in [0.4, 0.5) is 9.52 Å². The van der Waals surface area contributed by atoms with Crippen molar-refractivity contribution in [3.63, 3.8) is 0 Å². The van der Waals surface area contributed by atoms with E-state index in [1.807, 2.05) is 25.1 Å². The smallest absolute Gasteiger partial charge is 0.263 e. The quantitative estimate of drug-likeness (QED) is 0.565. The van der Waals surface area contributed by atoms with Crippen LogP contribution >= 0.6 is 11.3 Å². The number of fused-ring (bicyclic) bond motifs is 1. The Hall–Kier alpha value is -3.32. The van der Waals surface area contributed by atoms with Crippen molar-refractivity contribution in [1.29, 1.82) is 0 Å². The molecule has 140 valence electrons. The number of pyridine rings is 1. The lowest BCUT2D eigenvalue weighted by atomic mass is 10.2. The fraction of sp³-hybridized carbons (Fsp3) is 0.0952. The van der Waals surface area contributed by atoms with Gasteiger partial charge in [-0.15, -0.1) is 0 Å². The lowest BCUT2D eigenvalue weighted by molar-refractivity contribution is 0.102. The predicted octanol–water partition coefficient (Wildman–Crippen LogP) is 4.21. The Morgan fingerprint density at radius 1 is 1.18 bits per heavy atom. The third-order valence-electron chi connectivity index (χ3n) is 4.30. The normalized spacial score (nSPS) is 10.9. The van der Waals surface area contributed by atoms with Gasteiger partial charge in [-0.2, -0.15) is 0 Å². The third-order valence-corrected chi connectivity index (χ3v) is 5.23. The molecule has 2 aromatic carbocycles. The highest BCUT2D eigenvalue weighted by atomic mass is 32.1. The average molecular weight is 393 g/mol. The Morgan fingerprint density at radius 2 is 1.96 bits per heavy atom. The molecular formula is C21H16FN3O2S. The topological polar surface area (TPSA) is 64.0 Å². The molecule has 28 heavy (non-hydrogen) atoms. The van der Waals surface area contributed by atoms with Gasteiger partial charge in [-0.05, 0) is 54.4 Å². The number of amides is 1. The van der Waals surface area contributed by atoms with Gasteiger partial charge in [0.2, 0.25) is 0 Å². The summed E-state index contributed by atoms with van der Waals surface area (Å²) in [7, 11) is 0. The molecule has 5 nitrogen and oxygen atoms in total. The highest BCUT2D eigenvalue weighted by molar-refractivity contribution is 7.22. The van der Waals surface area contributed by atoms with Gasteiger partial charge in [0.05, 0.1) is 16.8 Å². The third kappa shape index (κ3) is 3.70. The molecule has 0 aliphatic rings. The number of hydrogen-bond acceptors (Lipinski definition) is 4. The molecule has 0 spiro atoms. The first-order valence-corrected chi connectivity index (χ1v) is 9.44. The van der Waals surface area contributed by atoms with E-state index in [1.54, 1.807) is 24.4 Å². The molecule has 0 saturated heterocycles. The molecule has 2 heterocycles. The van der Waals surface area contributed by atoms with Crippen LogP contribution in [-0.2, 0) is 6.54 Å². The Labute approximate surface area is 164 Å². The SMILES string of the molecule is Cc1ccc2nc(NC(=O)c3cccn(Cc4ccc(F)cc4)c3=O)sc2c1. The van der Waals surface area contributed by atoms with E-state index in [0.29, 0.717) is 5.13 Å². The van der Waals surface area contributed by atoms with Gasteiger partial charge in [-0.25, -0.2) is 9.37 Å². The number of anilines is 1. The van der Waals surface area contributed by atoms with Crippen LogP contribution in [0.15, 0.2) is 65.6 Å². The van der Waals surface area contributed by atoms with Gasteiger partial charge in [0.1, 0.15) is 11.4 Å². The number of aryl methyl sites for hydroxylation is 1. The fourth-order valence-electron chi connectivity index (χ4n) is 2.87. The van der Waals surface area contributed by atoms with Crippen molar-refractivity contribution in [1.82, 2.24) is 9.55 Å². The van der Waals surface area contributed by atoms with Crippen LogP contribution in [0, 0.1) is 12.7 Å². The minimum absolute atomic E-state index is 0.0278. The fourth-order valence-corrected chi connectivity index (χ4v) is 3.83. The van der Waals surface area contributed by atoms with Crippen molar-refractivity contribution in [3.8, 4) is 0 Å². The summed E-state index contributed by atoms with van der Waals surface area (Å²) in [5.41, 5.74) is 2.29. The number of nitrogens with one attached hydrogen (secondary N) is 1. The molecule has 7 heteroatoms. The molecule has 0 atom stereocenters. The summed E-state index contributed by atoms with van der Waals surface area (Å²) >= 11 is 1.36. The summed E-state index contributed by atoms with van der Waals surface area (Å²) in [6.07, 6.45) is 1.60. The van der Waals surface area contributed by atoms with Crippen LogP contribution in [0.25, 0.3) is 10.2 Å². The minimum atomic E-state index is -0.505. The zero-order valence-electron chi connectivity index (χ0n) is 15.0. The first-order valence-electron chi connectivity index (χ1n) is 8.62. The van der Waals surface area contributed by atoms with Gasteiger partial charge in [0, 0.05) is 6.20 Å². The maximum Gasteiger partial charge on any atom is 0.263 e. The van der Waals surface area contributed by atoms with E-state index in [-0.39, 0.29) is 17.9 Å². The van der Waals surface area contributed by atoms with Crippen molar-refractivity contribution in [2.45, 2.75) is 13.5 Å². The van der Waals surface area contributed by atoms with Gasteiger partial charge in [-0.3, -0.25) is 14.9 Å². The van der Waals surface area contributed by atoms with Crippen molar-refractivity contribution in [2.75, 3.05) is 5.32 Å². The van der Waals surface area contributed by atoms with Crippen molar-refractivity contribution >= 4 is 32.6 Å². The van der Waals surface area contributed by atoms with E-state index in [2.05, 4.69) is 10.3 Å². The minimum Gasteiger partial charge on any atom is -0.310 e. The summed E-state index contributed by atoms with van der Waals surface area (Å²) in [5.74, 6) is -0.843. The number of rotatable bonds is 4. The van der Waals surface area contributed by atoms with E-state index in [4.69, 9.17) is 0 Å². The molecule has 0 radical (unpaired) electrons. The molecule has 0 bridgehead atoms. The molecule has 1 N–H and O–H groups in total. The molecule has 0 fully saturated rings. The lowest BCUT2D eigenvalue weighted by Gasteiger charge is -2.08. The maximum atomic E-state index is 13.1. The van der Waals surface area contributed by atoms with Crippen LogP contribution in [0.5, 0.6) is 0 Å². The number of thiazole rings is 1. The van der Waals surface area contributed by atoms with E-state index in [9.17, 15) is 14.0 Å². The first-order chi connectivity index (χ1) is 13.5. The monoisotopic (exact) mass is 393 g/mol. The van der Waals surface area contributed by atoms with Gasteiger partial charge in [0.25, 0.3) is 11.5 Å².